The number of fused-ring (bicyclic) bond motifs is 1. The zero-order chi connectivity index (χ0) is 16.2. The Labute approximate surface area is 139 Å². The molecule has 0 radical (unpaired) electrons. The molecule has 2 heterocycles. The van der Waals surface area contributed by atoms with Gasteiger partial charge in [-0.25, -0.2) is 4.98 Å². The highest BCUT2D eigenvalue weighted by molar-refractivity contribution is 6.29. The van der Waals surface area contributed by atoms with Crippen molar-refractivity contribution in [1.82, 2.24) is 15.6 Å². The van der Waals surface area contributed by atoms with E-state index in [2.05, 4.69) is 27.8 Å². The number of rotatable bonds is 4. The first-order valence-corrected chi connectivity index (χ1v) is 7.89. The second-order valence-corrected chi connectivity index (χ2v) is 5.99. The van der Waals surface area contributed by atoms with Crippen molar-refractivity contribution in [2.75, 3.05) is 6.54 Å². The first kappa shape index (κ1) is 15.9. The molecule has 0 bridgehead atoms. The van der Waals surface area contributed by atoms with Crippen molar-refractivity contribution < 1.29 is 9.90 Å². The summed E-state index contributed by atoms with van der Waals surface area (Å²) < 4.78 is 0. The van der Waals surface area contributed by atoms with Crippen LogP contribution in [0.25, 0.3) is 0 Å². The van der Waals surface area contributed by atoms with Gasteiger partial charge in [0.1, 0.15) is 5.15 Å². The largest absolute Gasteiger partial charge is 0.390 e. The molecule has 1 amide bonds. The molecule has 6 heteroatoms. The van der Waals surface area contributed by atoms with Gasteiger partial charge in [0.2, 0.25) is 0 Å². The third-order valence-electron chi connectivity index (χ3n) is 4.04. The summed E-state index contributed by atoms with van der Waals surface area (Å²) in [5.74, 6) is -0.274. The van der Waals surface area contributed by atoms with Gasteiger partial charge in [0.05, 0.1) is 11.7 Å². The molecule has 5 nitrogen and oxygen atoms in total. The topological polar surface area (TPSA) is 74.2 Å². The van der Waals surface area contributed by atoms with Crippen LogP contribution in [0, 0.1) is 0 Å². The zero-order valence-electron chi connectivity index (χ0n) is 12.5. The molecular formula is C17H18ClN3O2. The number of amides is 1. The molecular weight excluding hydrogens is 314 g/mol. The number of benzene rings is 1. The molecule has 1 aromatic heterocycles. The van der Waals surface area contributed by atoms with Gasteiger partial charge in [-0.2, -0.15) is 0 Å². The van der Waals surface area contributed by atoms with Gasteiger partial charge in [0.15, 0.2) is 0 Å². The molecule has 3 rings (SSSR count). The predicted octanol–water partition coefficient (Wildman–Crippen LogP) is 1.54. The van der Waals surface area contributed by atoms with Crippen molar-refractivity contribution in [2.24, 2.45) is 0 Å². The van der Waals surface area contributed by atoms with Crippen LogP contribution in [0.2, 0.25) is 5.15 Å². The Morgan fingerprint density at radius 3 is 2.87 bits per heavy atom. The normalized spacial score (nSPS) is 18.1. The van der Waals surface area contributed by atoms with Crippen LogP contribution in [0.3, 0.4) is 0 Å². The standard InChI is InChI=1S/C17H18ClN3O2/c18-16-6-5-13(9-20-16)17(23)21-10-15(22)14-7-11-3-1-2-4-12(11)8-19-14/h1-6,9,14-15,19,22H,7-8,10H2,(H,21,23). The van der Waals surface area contributed by atoms with E-state index < -0.39 is 6.10 Å². The quantitative estimate of drug-likeness (QED) is 0.743. The highest BCUT2D eigenvalue weighted by atomic mass is 35.5. The van der Waals surface area contributed by atoms with E-state index in [0.717, 1.165) is 13.0 Å². The molecule has 0 saturated carbocycles. The molecule has 0 fully saturated rings. The van der Waals surface area contributed by atoms with E-state index in [1.54, 1.807) is 12.1 Å². The van der Waals surface area contributed by atoms with Crippen molar-refractivity contribution in [2.45, 2.75) is 25.1 Å². The second kappa shape index (κ2) is 7.08. The van der Waals surface area contributed by atoms with E-state index in [1.807, 2.05) is 12.1 Å². The minimum atomic E-state index is -0.660. The third kappa shape index (κ3) is 3.88. The molecule has 0 spiro atoms. The van der Waals surface area contributed by atoms with E-state index in [9.17, 15) is 9.90 Å². The molecule has 2 atom stereocenters. The van der Waals surface area contributed by atoms with Crippen LogP contribution >= 0.6 is 11.6 Å². The SMILES string of the molecule is O=C(NCC(O)C1Cc2ccccc2CN1)c1ccc(Cl)nc1. The number of aliphatic hydroxyl groups excluding tert-OH is 1. The molecule has 23 heavy (non-hydrogen) atoms. The lowest BCUT2D eigenvalue weighted by molar-refractivity contribution is 0.0869. The van der Waals surface area contributed by atoms with Gasteiger partial charge < -0.3 is 15.7 Å². The highest BCUT2D eigenvalue weighted by Crippen LogP contribution is 2.17. The second-order valence-electron chi connectivity index (χ2n) is 5.61. The Morgan fingerprint density at radius 2 is 2.13 bits per heavy atom. The number of aliphatic hydroxyl groups is 1. The van der Waals surface area contributed by atoms with Crippen molar-refractivity contribution >= 4 is 17.5 Å². The lowest BCUT2D eigenvalue weighted by Gasteiger charge is -2.30. The fraction of sp³-hybridized carbons (Fsp3) is 0.294. The molecule has 0 aliphatic carbocycles. The van der Waals surface area contributed by atoms with Gasteiger partial charge in [-0.15, -0.1) is 0 Å². The van der Waals surface area contributed by atoms with Gasteiger partial charge >= 0.3 is 0 Å². The molecule has 1 aromatic carbocycles. The van der Waals surface area contributed by atoms with Crippen molar-refractivity contribution in [3.8, 4) is 0 Å². The van der Waals surface area contributed by atoms with E-state index in [4.69, 9.17) is 11.6 Å². The van der Waals surface area contributed by atoms with Gasteiger partial charge in [0, 0.05) is 25.3 Å². The minimum absolute atomic E-state index is 0.0754. The third-order valence-corrected chi connectivity index (χ3v) is 4.26. The van der Waals surface area contributed by atoms with Gasteiger partial charge in [-0.3, -0.25) is 4.79 Å². The van der Waals surface area contributed by atoms with Crippen LogP contribution in [0.1, 0.15) is 21.5 Å². The maximum absolute atomic E-state index is 12.0. The fourth-order valence-electron chi connectivity index (χ4n) is 2.70. The summed E-state index contributed by atoms with van der Waals surface area (Å²) in [6.45, 7) is 0.911. The first-order valence-electron chi connectivity index (χ1n) is 7.51. The van der Waals surface area contributed by atoms with E-state index in [-0.39, 0.29) is 18.5 Å². The summed E-state index contributed by atoms with van der Waals surface area (Å²) in [5.41, 5.74) is 2.92. The Morgan fingerprint density at radius 1 is 1.35 bits per heavy atom. The number of pyridine rings is 1. The van der Waals surface area contributed by atoms with E-state index >= 15 is 0 Å². The maximum Gasteiger partial charge on any atom is 0.252 e. The number of carbonyl (C=O) groups is 1. The fourth-order valence-corrected chi connectivity index (χ4v) is 2.81. The lowest BCUT2D eigenvalue weighted by atomic mass is 9.93. The molecule has 1 aliphatic heterocycles. The van der Waals surface area contributed by atoms with Crippen molar-refractivity contribution in [3.63, 3.8) is 0 Å². The lowest BCUT2D eigenvalue weighted by Crippen LogP contribution is -2.49. The molecule has 3 N–H and O–H groups in total. The summed E-state index contributed by atoms with van der Waals surface area (Å²) in [6.07, 6.45) is 1.50. The van der Waals surface area contributed by atoms with Crippen LogP contribution in [0.15, 0.2) is 42.6 Å². The van der Waals surface area contributed by atoms with Gasteiger partial charge in [-0.1, -0.05) is 35.9 Å². The maximum atomic E-state index is 12.0. The number of nitrogens with zero attached hydrogens (tertiary/aromatic N) is 1. The van der Waals surface area contributed by atoms with Crippen molar-refractivity contribution in [3.05, 3.63) is 64.4 Å². The predicted molar refractivity (Wildman–Crippen MR) is 88.4 cm³/mol. The zero-order valence-corrected chi connectivity index (χ0v) is 13.3. The number of hydrogen-bond donors (Lipinski definition) is 3. The summed E-state index contributed by atoms with van der Waals surface area (Å²) in [7, 11) is 0. The summed E-state index contributed by atoms with van der Waals surface area (Å²) in [6, 6.07) is 11.3. The average Bonchev–Trinajstić information content (AvgIpc) is 2.59. The molecule has 1 aliphatic rings. The van der Waals surface area contributed by atoms with Crippen LogP contribution in [0.4, 0.5) is 0 Å². The molecule has 2 aromatic rings. The smallest absolute Gasteiger partial charge is 0.252 e. The van der Waals surface area contributed by atoms with Gasteiger partial charge in [0.25, 0.3) is 5.91 Å². The monoisotopic (exact) mass is 331 g/mol. The Balaban J connectivity index is 1.55. The number of aromatic nitrogens is 1. The van der Waals surface area contributed by atoms with Gasteiger partial charge in [-0.05, 0) is 29.7 Å². The Hall–Kier alpha value is -1.95. The Kier molecular flexibility index (Phi) is 4.91. The molecule has 0 saturated heterocycles. The minimum Gasteiger partial charge on any atom is -0.390 e. The molecule has 2 unspecified atom stereocenters. The first-order chi connectivity index (χ1) is 11.1. The Bertz CT molecular complexity index is 690. The number of halogens is 1. The van der Waals surface area contributed by atoms with Crippen LogP contribution in [0.5, 0.6) is 0 Å². The van der Waals surface area contributed by atoms with E-state index in [0.29, 0.717) is 10.7 Å². The number of hydrogen-bond acceptors (Lipinski definition) is 4. The average molecular weight is 332 g/mol. The van der Waals surface area contributed by atoms with Crippen molar-refractivity contribution in [1.29, 1.82) is 0 Å². The van der Waals surface area contributed by atoms with Crippen LogP contribution < -0.4 is 10.6 Å². The number of carbonyl (C=O) groups excluding carboxylic acids is 1. The van der Waals surface area contributed by atoms with E-state index in [1.165, 1.54) is 17.3 Å². The number of nitrogens with one attached hydrogen (secondary N) is 2. The van der Waals surface area contributed by atoms with Crippen LogP contribution in [-0.4, -0.2) is 34.7 Å². The molecule has 120 valence electrons. The highest BCUT2D eigenvalue weighted by Gasteiger charge is 2.24. The summed E-state index contributed by atoms with van der Waals surface area (Å²) >= 11 is 5.70. The summed E-state index contributed by atoms with van der Waals surface area (Å²) in [5, 5.41) is 16.7. The van der Waals surface area contributed by atoms with Crippen LogP contribution in [-0.2, 0) is 13.0 Å². The summed E-state index contributed by atoms with van der Waals surface area (Å²) in [4.78, 5) is 15.9.